The molecule has 37 heavy (non-hydrogen) atoms. The highest BCUT2D eigenvalue weighted by molar-refractivity contribution is 8.51. The van der Waals surface area contributed by atoms with Crippen LogP contribution in [-0.2, 0) is 0 Å². The third-order valence-corrected chi connectivity index (χ3v) is 10.2. The van der Waals surface area contributed by atoms with Crippen LogP contribution in [0.1, 0.15) is 22.3 Å². The molecule has 5 aromatic rings. The Bertz CT molecular complexity index is 1520. The van der Waals surface area contributed by atoms with E-state index in [0.717, 1.165) is 11.1 Å². The summed E-state index contributed by atoms with van der Waals surface area (Å²) in [6.45, 7) is 0. The fourth-order valence-electron chi connectivity index (χ4n) is 5.26. The van der Waals surface area contributed by atoms with Crippen molar-refractivity contribution in [3.05, 3.63) is 174 Å². The van der Waals surface area contributed by atoms with Crippen LogP contribution in [0.15, 0.2) is 157 Å². The zero-order valence-corrected chi connectivity index (χ0v) is 21.2. The van der Waals surface area contributed by atoms with E-state index in [0.29, 0.717) is 0 Å². The zero-order chi connectivity index (χ0) is 25.1. The Labute approximate surface area is 221 Å². The molecule has 1 heteroatoms. The maximum Gasteiger partial charge on any atom is 0.0249 e. The zero-order valence-electron chi connectivity index (χ0n) is 20.4. The number of terminal acetylenes is 1. The van der Waals surface area contributed by atoms with Gasteiger partial charge in [0.2, 0.25) is 0 Å². The Morgan fingerprint density at radius 1 is 0.378 bits per heavy atom. The summed E-state index contributed by atoms with van der Waals surface area (Å²) in [5.41, 5.74) is 7.11. The standard InChI is InChI=1S/C36H26S/c1-2-37(32-26-16-7-17-27-32)35(30-22-12-5-13-23-30)33(28-18-8-3-9-19-28)34(29-20-10-4-11-21-29)36(37)31-24-14-6-15-25-31/h1,3-27H. The van der Waals surface area contributed by atoms with Gasteiger partial charge in [-0.2, -0.15) is 0 Å². The van der Waals surface area contributed by atoms with Gasteiger partial charge in [0.1, 0.15) is 0 Å². The molecule has 0 radical (unpaired) electrons. The summed E-state index contributed by atoms with van der Waals surface area (Å²) in [6.07, 6.45) is 6.76. The van der Waals surface area contributed by atoms with Crippen LogP contribution in [0.4, 0.5) is 0 Å². The van der Waals surface area contributed by atoms with Gasteiger partial charge in [-0.05, 0) is 39.6 Å². The molecule has 0 nitrogen and oxygen atoms in total. The van der Waals surface area contributed by atoms with E-state index in [9.17, 15) is 0 Å². The molecule has 0 amide bonds. The summed E-state index contributed by atoms with van der Waals surface area (Å²) in [5.74, 6) is 0. The molecule has 1 aliphatic rings. The molecule has 1 heterocycles. The third-order valence-electron chi connectivity index (χ3n) is 6.79. The highest BCUT2D eigenvalue weighted by Gasteiger charge is 2.45. The molecule has 0 spiro atoms. The van der Waals surface area contributed by atoms with Gasteiger partial charge in [-0.1, -0.05) is 150 Å². The van der Waals surface area contributed by atoms with Crippen LogP contribution in [-0.4, -0.2) is 0 Å². The third kappa shape index (κ3) is 3.84. The van der Waals surface area contributed by atoms with Crippen molar-refractivity contribution in [3.8, 4) is 11.7 Å². The monoisotopic (exact) mass is 490 g/mol. The average Bonchev–Trinajstić information content (AvgIpc) is 3.31. The Kier molecular flexibility index (Phi) is 6.11. The SMILES string of the molecule is C#CS1(c2ccccc2)C(c2ccccc2)=C(c2ccccc2)C(c2ccccc2)=C1c1ccccc1. The van der Waals surface area contributed by atoms with E-state index in [-0.39, 0.29) is 0 Å². The number of benzene rings is 5. The van der Waals surface area contributed by atoms with Crippen LogP contribution in [0.25, 0.3) is 21.0 Å². The van der Waals surface area contributed by atoms with Crippen LogP contribution in [0.2, 0.25) is 0 Å². The number of allylic oxidation sites excluding steroid dienone is 2. The van der Waals surface area contributed by atoms with Crippen molar-refractivity contribution >= 4 is 31.0 Å². The van der Waals surface area contributed by atoms with Gasteiger partial charge in [0.15, 0.2) is 0 Å². The lowest BCUT2D eigenvalue weighted by atomic mass is 9.89. The topological polar surface area (TPSA) is 0 Å². The minimum atomic E-state index is -2.07. The van der Waals surface area contributed by atoms with Gasteiger partial charge >= 0.3 is 0 Å². The maximum atomic E-state index is 6.76. The summed E-state index contributed by atoms with van der Waals surface area (Å²) in [5, 5.41) is 3.46. The highest BCUT2D eigenvalue weighted by atomic mass is 32.3. The van der Waals surface area contributed by atoms with Gasteiger partial charge in [0, 0.05) is 25.9 Å². The van der Waals surface area contributed by atoms with Gasteiger partial charge in [-0.3, -0.25) is 0 Å². The highest BCUT2D eigenvalue weighted by Crippen LogP contribution is 2.80. The first-order valence-corrected chi connectivity index (χ1v) is 14.0. The van der Waals surface area contributed by atoms with Crippen LogP contribution < -0.4 is 0 Å². The fraction of sp³-hybridized carbons (Fsp3) is 0. The van der Waals surface area contributed by atoms with Gasteiger partial charge in [0.05, 0.1) is 0 Å². The summed E-state index contributed by atoms with van der Waals surface area (Å²) in [6, 6.07) is 53.5. The Morgan fingerprint density at radius 3 is 1.00 bits per heavy atom. The van der Waals surface area contributed by atoms with Crippen molar-refractivity contribution in [2.24, 2.45) is 0 Å². The molecule has 0 fully saturated rings. The molecule has 6 rings (SSSR count). The van der Waals surface area contributed by atoms with Crippen molar-refractivity contribution in [3.63, 3.8) is 0 Å². The van der Waals surface area contributed by atoms with E-state index in [1.165, 1.54) is 37.0 Å². The second-order valence-corrected chi connectivity index (χ2v) is 11.7. The van der Waals surface area contributed by atoms with Gasteiger partial charge in [-0.15, -0.1) is 6.42 Å². The number of hydrogen-bond donors (Lipinski definition) is 0. The van der Waals surface area contributed by atoms with Crippen LogP contribution in [0.3, 0.4) is 0 Å². The van der Waals surface area contributed by atoms with E-state index in [2.05, 4.69) is 157 Å². The Hall–Kier alpha value is -4.51. The van der Waals surface area contributed by atoms with E-state index in [1.807, 2.05) is 0 Å². The molecular weight excluding hydrogens is 464 g/mol. The predicted octanol–water partition coefficient (Wildman–Crippen LogP) is 9.59. The normalized spacial score (nSPS) is 15.3. The van der Waals surface area contributed by atoms with E-state index < -0.39 is 10.0 Å². The first kappa shape index (κ1) is 22.9. The largest absolute Gasteiger partial charge is 0.109 e. The van der Waals surface area contributed by atoms with Gasteiger partial charge in [-0.25, -0.2) is 0 Å². The molecule has 0 saturated carbocycles. The lowest BCUT2D eigenvalue weighted by molar-refractivity contribution is 1.46. The fourth-order valence-corrected chi connectivity index (χ4v) is 8.91. The lowest BCUT2D eigenvalue weighted by Crippen LogP contribution is -2.02. The number of rotatable bonds is 5. The summed E-state index contributed by atoms with van der Waals surface area (Å²) < 4.78 is 0. The molecule has 0 atom stereocenters. The lowest BCUT2D eigenvalue weighted by Gasteiger charge is -2.37. The quantitative estimate of drug-likeness (QED) is 0.215. The molecule has 0 unspecified atom stereocenters. The molecule has 0 aliphatic carbocycles. The number of hydrogen-bond acceptors (Lipinski definition) is 0. The van der Waals surface area contributed by atoms with Crippen molar-refractivity contribution in [2.75, 3.05) is 0 Å². The summed E-state index contributed by atoms with van der Waals surface area (Å²) in [7, 11) is -2.07. The van der Waals surface area contributed by atoms with E-state index in [1.54, 1.807) is 0 Å². The molecule has 0 N–H and O–H groups in total. The molecular formula is C36H26S. The van der Waals surface area contributed by atoms with Crippen molar-refractivity contribution < 1.29 is 0 Å². The maximum absolute atomic E-state index is 6.76. The average molecular weight is 491 g/mol. The first-order valence-electron chi connectivity index (χ1n) is 12.4. The summed E-state index contributed by atoms with van der Waals surface area (Å²) >= 11 is 0. The molecule has 0 bridgehead atoms. The molecule has 1 aliphatic heterocycles. The van der Waals surface area contributed by atoms with Crippen molar-refractivity contribution in [1.29, 1.82) is 0 Å². The van der Waals surface area contributed by atoms with Gasteiger partial charge < -0.3 is 0 Å². The van der Waals surface area contributed by atoms with Gasteiger partial charge in [0.25, 0.3) is 0 Å². The van der Waals surface area contributed by atoms with E-state index >= 15 is 0 Å². The summed E-state index contributed by atoms with van der Waals surface area (Å²) in [4.78, 5) is 3.63. The van der Waals surface area contributed by atoms with Crippen molar-refractivity contribution in [2.45, 2.75) is 4.90 Å². The van der Waals surface area contributed by atoms with Crippen LogP contribution >= 0.6 is 10.0 Å². The smallest absolute Gasteiger partial charge is 0.0249 e. The molecule has 5 aromatic carbocycles. The molecule has 0 saturated heterocycles. The molecule has 176 valence electrons. The van der Waals surface area contributed by atoms with Crippen LogP contribution in [0, 0.1) is 11.7 Å². The van der Waals surface area contributed by atoms with E-state index in [4.69, 9.17) is 6.42 Å². The minimum absolute atomic E-state index is 1.16. The molecule has 0 aromatic heterocycles. The Balaban J connectivity index is 1.86. The van der Waals surface area contributed by atoms with Crippen LogP contribution in [0.5, 0.6) is 0 Å². The van der Waals surface area contributed by atoms with Crippen molar-refractivity contribution in [1.82, 2.24) is 0 Å². The first-order chi connectivity index (χ1) is 18.3. The second-order valence-electron chi connectivity index (χ2n) is 8.92. The Morgan fingerprint density at radius 2 is 0.676 bits per heavy atom. The minimum Gasteiger partial charge on any atom is -0.109 e. The second kappa shape index (κ2) is 9.86. The predicted molar refractivity (Wildman–Crippen MR) is 161 cm³/mol.